The number of amides is 1. The lowest BCUT2D eigenvalue weighted by Crippen LogP contribution is -2.29. The van der Waals surface area contributed by atoms with Gasteiger partial charge in [-0.15, -0.1) is 11.3 Å². The van der Waals surface area contributed by atoms with E-state index in [-0.39, 0.29) is 4.90 Å². The number of hydrogen-bond donors (Lipinski definition) is 1. The lowest BCUT2D eigenvalue weighted by molar-refractivity contribution is -0.114. The summed E-state index contributed by atoms with van der Waals surface area (Å²) >= 11 is 1.43. The van der Waals surface area contributed by atoms with Crippen LogP contribution in [0.5, 0.6) is 0 Å². The van der Waals surface area contributed by atoms with Gasteiger partial charge in [-0.05, 0) is 49.2 Å². The summed E-state index contributed by atoms with van der Waals surface area (Å²) in [5.41, 5.74) is 2.24. The summed E-state index contributed by atoms with van der Waals surface area (Å²) in [5.74, 6) is -0.708. The van der Waals surface area contributed by atoms with E-state index in [0.717, 1.165) is 15.8 Å². The van der Waals surface area contributed by atoms with Gasteiger partial charge in [-0.1, -0.05) is 24.3 Å². The van der Waals surface area contributed by atoms with Gasteiger partial charge in [0.25, 0.3) is 15.9 Å². The van der Waals surface area contributed by atoms with Crippen LogP contribution in [0.25, 0.3) is 16.3 Å². The van der Waals surface area contributed by atoms with Gasteiger partial charge in [0.1, 0.15) is 5.01 Å². The van der Waals surface area contributed by atoms with Gasteiger partial charge < -0.3 is 0 Å². The second-order valence-corrected chi connectivity index (χ2v) is 8.30. The smallest absolute Gasteiger partial charge is 0.264 e. The molecule has 25 heavy (non-hydrogen) atoms. The highest BCUT2D eigenvalue weighted by molar-refractivity contribution is 7.90. The van der Waals surface area contributed by atoms with E-state index in [2.05, 4.69) is 9.71 Å². The predicted octanol–water partition coefficient (Wildman–Crippen LogP) is 3.43. The number of benzene rings is 2. The average Bonchev–Trinajstić information content (AvgIpc) is 2.97. The van der Waals surface area contributed by atoms with Crippen LogP contribution in [0.1, 0.15) is 16.1 Å². The molecular formula is C18H16N2O3S2. The monoisotopic (exact) mass is 372 g/mol. The molecule has 0 bridgehead atoms. The van der Waals surface area contributed by atoms with Crippen molar-refractivity contribution in [2.24, 2.45) is 0 Å². The summed E-state index contributed by atoms with van der Waals surface area (Å²) in [6.07, 6.45) is 2.69. The molecule has 128 valence electrons. The molecule has 0 aliphatic carbocycles. The maximum atomic E-state index is 12.4. The molecule has 0 saturated carbocycles. The quantitative estimate of drug-likeness (QED) is 0.712. The fourth-order valence-corrected chi connectivity index (χ4v) is 4.47. The minimum atomic E-state index is -3.91. The van der Waals surface area contributed by atoms with Crippen LogP contribution in [-0.2, 0) is 14.8 Å². The van der Waals surface area contributed by atoms with Crippen molar-refractivity contribution in [1.82, 2.24) is 9.71 Å². The molecular weight excluding hydrogens is 356 g/mol. The molecule has 0 aliphatic rings. The number of carbonyl (C=O) groups excluding carboxylic acids is 1. The number of rotatable bonds is 4. The summed E-state index contributed by atoms with van der Waals surface area (Å²) in [7, 11) is -3.91. The highest BCUT2D eigenvalue weighted by Gasteiger charge is 2.18. The van der Waals surface area contributed by atoms with Crippen LogP contribution in [-0.4, -0.2) is 19.3 Å². The van der Waals surface area contributed by atoms with Crippen molar-refractivity contribution in [3.63, 3.8) is 0 Å². The lowest BCUT2D eigenvalue weighted by Gasteiger charge is -2.08. The van der Waals surface area contributed by atoms with Gasteiger partial charge in [0.15, 0.2) is 0 Å². The van der Waals surface area contributed by atoms with Crippen LogP contribution in [0.4, 0.5) is 0 Å². The molecule has 0 aliphatic heterocycles. The minimum absolute atomic E-state index is 0.106. The fraction of sp³-hybridized carbons (Fsp3) is 0.111. The van der Waals surface area contributed by atoms with Crippen molar-refractivity contribution in [2.75, 3.05) is 0 Å². The Balaban J connectivity index is 1.78. The number of hydrogen-bond acceptors (Lipinski definition) is 5. The average molecular weight is 372 g/mol. The van der Waals surface area contributed by atoms with Crippen molar-refractivity contribution >= 4 is 43.6 Å². The van der Waals surface area contributed by atoms with Crippen LogP contribution >= 0.6 is 11.3 Å². The Morgan fingerprint density at radius 1 is 1.16 bits per heavy atom. The number of carbonyl (C=O) groups is 1. The molecule has 3 aromatic rings. The molecule has 7 heteroatoms. The molecule has 0 spiro atoms. The van der Waals surface area contributed by atoms with Crippen molar-refractivity contribution in [2.45, 2.75) is 18.7 Å². The number of para-hydroxylation sites is 1. The first-order valence-electron chi connectivity index (χ1n) is 7.53. The van der Waals surface area contributed by atoms with Crippen molar-refractivity contribution < 1.29 is 13.2 Å². The summed E-state index contributed by atoms with van der Waals surface area (Å²) in [4.78, 5) is 16.5. The molecule has 0 saturated heterocycles. The Morgan fingerprint density at radius 3 is 2.68 bits per heavy atom. The van der Waals surface area contributed by atoms with E-state index >= 15 is 0 Å². The second-order valence-electron chi connectivity index (χ2n) is 5.59. The number of thiazole rings is 1. The first-order valence-corrected chi connectivity index (χ1v) is 9.83. The highest BCUT2D eigenvalue weighted by atomic mass is 32.2. The Hall–Kier alpha value is -2.51. The molecule has 0 radical (unpaired) electrons. The standard InChI is InChI=1S/C18H16N2O3S2/c1-12-7-8-13(2)16(11-12)25(22,23)20-17(21)9-10-18-19-14-5-3-4-6-15(14)24-18/h3-11H,1-2H3,(H,20,21)/b10-9+. The normalized spacial score (nSPS) is 11.9. The Kier molecular flexibility index (Phi) is 4.69. The second kappa shape index (κ2) is 6.78. The molecule has 1 aromatic heterocycles. The Morgan fingerprint density at radius 2 is 1.92 bits per heavy atom. The van der Waals surface area contributed by atoms with Gasteiger partial charge in [-0.25, -0.2) is 18.1 Å². The number of aryl methyl sites for hydroxylation is 2. The first-order chi connectivity index (χ1) is 11.8. The third kappa shape index (κ3) is 3.94. The van der Waals surface area contributed by atoms with E-state index in [9.17, 15) is 13.2 Å². The number of aromatic nitrogens is 1. The molecule has 3 rings (SSSR count). The molecule has 0 fully saturated rings. The van der Waals surface area contributed by atoms with Gasteiger partial charge in [0, 0.05) is 6.08 Å². The third-order valence-electron chi connectivity index (χ3n) is 3.56. The number of nitrogens with zero attached hydrogens (tertiary/aromatic N) is 1. The van der Waals surface area contributed by atoms with E-state index in [1.54, 1.807) is 26.0 Å². The summed E-state index contributed by atoms with van der Waals surface area (Å²) in [6.45, 7) is 3.49. The highest BCUT2D eigenvalue weighted by Crippen LogP contribution is 2.22. The van der Waals surface area contributed by atoms with E-state index in [1.807, 2.05) is 30.3 Å². The number of nitrogens with one attached hydrogen (secondary N) is 1. The molecule has 1 N–H and O–H groups in total. The predicted molar refractivity (Wildman–Crippen MR) is 99.9 cm³/mol. The largest absolute Gasteiger partial charge is 0.269 e. The zero-order valence-corrected chi connectivity index (χ0v) is 15.3. The summed E-state index contributed by atoms with van der Waals surface area (Å²) in [5, 5.41) is 0.639. The van der Waals surface area contributed by atoms with Crippen LogP contribution in [0.2, 0.25) is 0 Å². The summed E-state index contributed by atoms with van der Waals surface area (Å²) in [6, 6.07) is 12.7. The SMILES string of the molecule is Cc1ccc(C)c(S(=O)(=O)NC(=O)/C=C/c2nc3ccccc3s2)c1. The molecule has 1 heterocycles. The van der Waals surface area contributed by atoms with E-state index < -0.39 is 15.9 Å². The third-order valence-corrected chi connectivity index (χ3v) is 6.05. The van der Waals surface area contributed by atoms with Gasteiger partial charge in [-0.3, -0.25) is 4.79 Å². The van der Waals surface area contributed by atoms with Crippen LogP contribution < -0.4 is 4.72 Å². The van der Waals surface area contributed by atoms with E-state index in [0.29, 0.717) is 10.6 Å². The maximum absolute atomic E-state index is 12.4. The molecule has 2 aromatic carbocycles. The zero-order chi connectivity index (χ0) is 18.0. The van der Waals surface area contributed by atoms with E-state index in [4.69, 9.17) is 0 Å². The number of sulfonamides is 1. The van der Waals surface area contributed by atoms with Crippen molar-refractivity contribution in [3.8, 4) is 0 Å². The van der Waals surface area contributed by atoms with E-state index in [1.165, 1.54) is 23.5 Å². The Bertz CT molecular complexity index is 1050. The van der Waals surface area contributed by atoms with Gasteiger partial charge in [0.05, 0.1) is 15.1 Å². The molecule has 5 nitrogen and oxygen atoms in total. The van der Waals surface area contributed by atoms with Crippen molar-refractivity contribution in [3.05, 3.63) is 64.7 Å². The lowest BCUT2D eigenvalue weighted by atomic mass is 10.2. The molecule has 1 amide bonds. The van der Waals surface area contributed by atoms with Crippen LogP contribution in [0, 0.1) is 13.8 Å². The topological polar surface area (TPSA) is 76.1 Å². The molecule has 0 atom stereocenters. The first kappa shape index (κ1) is 17.3. The van der Waals surface area contributed by atoms with Crippen LogP contribution in [0.15, 0.2) is 53.4 Å². The van der Waals surface area contributed by atoms with Crippen LogP contribution in [0.3, 0.4) is 0 Å². The Labute approximate surface area is 150 Å². The van der Waals surface area contributed by atoms with Crippen molar-refractivity contribution in [1.29, 1.82) is 0 Å². The maximum Gasteiger partial charge on any atom is 0.264 e. The molecule has 0 unspecified atom stereocenters. The van der Waals surface area contributed by atoms with Gasteiger partial charge >= 0.3 is 0 Å². The van der Waals surface area contributed by atoms with Gasteiger partial charge in [0.2, 0.25) is 0 Å². The van der Waals surface area contributed by atoms with Gasteiger partial charge in [-0.2, -0.15) is 0 Å². The summed E-state index contributed by atoms with van der Waals surface area (Å²) < 4.78 is 27.9. The number of fused-ring (bicyclic) bond motifs is 1. The minimum Gasteiger partial charge on any atom is -0.269 e. The zero-order valence-electron chi connectivity index (χ0n) is 13.7. The fourth-order valence-electron chi connectivity index (χ4n) is 2.33.